The third kappa shape index (κ3) is 2.66. The monoisotopic (exact) mass is 245 g/mol. The highest BCUT2D eigenvalue weighted by molar-refractivity contribution is 5.85. The lowest BCUT2D eigenvalue weighted by Gasteiger charge is -2.37. The average molecular weight is 246 g/mol. The van der Waals surface area contributed by atoms with Gasteiger partial charge in [-0.05, 0) is 37.6 Å². The van der Waals surface area contributed by atoms with Crippen molar-refractivity contribution in [3.63, 3.8) is 0 Å². The summed E-state index contributed by atoms with van der Waals surface area (Å²) in [6, 6.07) is 7.04. The van der Waals surface area contributed by atoms with Gasteiger partial charge in [0.25, 0.3) is 0 Å². The van der Waals surface area contributed by atoms with Gasteiger partial charge in [-0.3, -0.25) is 0 Å². The van der Waals surface area contributed by atoms with Crippen LogP contribution in [0.25, 0.3) is 0 Å². The molecule has 0 radical (unpaired) electrons. The molecule has 1 fully saturated rings. The number of nitrogens with one attached hydrogen (secondary N) is 1. The van der Waals surface area contributed by atoms with E-state index >= 15 is 0 Å². The molecule has 0 amide bonds. The summed E-state index contributed by atoms with van der Waals surface area (Å²) in [5, 5.41) is 12.7. The highest BCUT2D eigenvalue weighted by Crippen LogP contribution is 2.32. The second kappa shape index (κ2) is 5.02. The summed E-state index contributed by atoms with van der Waals surface area (Å²) >= 11 is 0. The van der Waals surface area contributed by atoms with Crippen LogP contribution in [0, 0.1) is 0 Å². The van der Waals surface area contributed by atoms with Gasteiger partial charge in [-0.2, -0.15) is 0 Å². The maximum Gasteiger partial charge on any atom is 0.115 e. The van der Waals surface area contributed by atoms with Crippen LogP contribution in [0.4, 0.5) is 4.39 Å². The lowest BCUT2D eigenvalue weighted by atomic mass is 9.83. The Labute approximate surface area is 101 Å². The Morgan fingerprint density at radius 2 is 2.25 bits per heavy atom. The number of rotatable bonds is 1. The van der Waals surface area contributed by atoms with Crippen LogP contribution in [0.5, 0.6) is 5.75 Å². The molecular weight excluding hydrogens is 229 g/mol. The molecule has 16 heavy (non-hydrogen) atoms. The lowest BCUT2D eigenvalue weighted by Crippen LogP contribution is -2.46. The predicted octanol–water partition coefficient (Wildman–Crippen LogP) is 2.75. The summed E-state index contributed by atoms with van der Waals surface area (Å²) in [4.78, 5) is 0. The molecule has 0 bridgehead atoms. The minimum atomic E-state index is -0.751. The minimum absolute atomic E-state index is 0. The van der Waals surface area contributed by atoms with Crippen molar-refractivity contribution in [3.05, 3.63) is 29.8 Å². The molecule has 2 atom stereocenters. The van der Waals surface area contributed by atoms with Crippen LogP contribution in [-0.4, -0.2) is 17.8 Å². The maximum absolute atomic E-state index is 13.4. The summed E-state index contributed by atoms with van der Waals surface area (Å²) in [5.74, 6) is 0.233. The quantitative estimate of drug-likeness (QED) is 0.798. The molecule has 0 aromatic heterocycles. The number of halogens is 2. The topological polar surface area (TPSA) is 32.3 Å². The molecular formula is C12H17ClFNO. The van der Waals surface area contributed by atoms with Crippen molar-refractivity contribution >= 4 is 12.4 Å². The van der Waals surface area contributed by atoms with Crippen molar-refractivity contribution < 1.29 is 9.50 Å². The first-order valence-corrected chi connectivity index (χ1v) is 5.29. The number of hydrogen-bond donors (Lipinski definition) is 2. The van der Waals surface area contributed by atoms with Crippen LogP contribution in [0.1, 0.15) is 25.3 Å². The number of alkyl halides is 1. The first kappa shape index (κ1) is 13.3. The SMILES string of the molecule is CC1(c2cccc(O)c2)CC(F)CCN1.Cl. The van der Waals surface area contributed by atoms with Gasteiger partial charge in [-0.15, -0.1) is 12.4 Å². The van der Waals surface area contributed by atoms with Gasteiger partial charge in [-0.25, -0.2) is 4.39 Å². The summed E-state index contributed by atoms with van der Waals surface area (Å²) < 4.78 is 13.4. The largest absolute Gasteiger partial charge is 0.508 e. The maximum atomic E-state index is 13.4. The molecule has 0 aliphatic carbocycles. The Kier molecular flexibility index (Phi) is 4.16. The normalized spacial score (nSPS) is 29.5. The summed E-state index contributed by atoms with van der Waals surface area (Å²) in [7, 11) is 0. The Bertz CT molecular complexity index is 361. The molecule has 0 spiro atoms. The number of benzene rings is 1. The van der Waals surface area contributed by atoms with Gasteiger partial charge in [0.2, 0.25) is 0 Å². The first-order chi connectivity index (χ1) is 7.10. The molecule has 2 nitrogen and oxygen atoms in total. The Morgan fingerprint density at radius 1 is 1.50 bits per heavy atom. The highest BCUT2D eigenvalue weighted by atomic mass is 35.5. The van der Waals surface area contributed by atoms with Crippen LogP contribution >= 0.6 is 12.4 Å². The molecule has 1 aromatic carbocycles. The number of piperidine rings is 1. The molecule has 1 heterocycles. The van der Waals surface area contributed by atoms with E-state index < -0.39 is 6.17 Å². The smallest absolute Gasteiger partial charge is 0.115 e. The van der Waals surface area contributed by atoms with Gasteiger partial charge >= 0.3 is 0 Å². The minimum Gasteiger partial charge on any atom is -0.508 e. The second-order valence-corrected chi connectivity index (χ2v) is 4.40. The van der Waals surface area contributed by atoms with Crippen molar-refractivity contribution in [3.8, 4) is 5.75 Å². The molecule has 4 heteroatoms. The van der Waals surface area contributed by atoms with Gasteiger partial charge in [0, 0.05) is 12.0 Å². The fourth-order valence-corrected chi connectivity index (χ4v) is 2.19. The molecule has 1 aliphatic heterocycles. The third-order valence-electron chi connectivity index (χ3n) is 3.09. The summed E-state index contributed by atoms with van der Waals surface area (Å²) in [5.41, 5.74) is 0.598. The van der Waals surface area contributed by atoms with Crippen LogP contribution in [0.2, 0.25) is 0 Å². The standard InChI is InChI=1S/C12H16FNO.ClH/c1-12(8-10(13)5-6-14-12)9-3-2-4-11(15)7-9;/h2-4,7,10,14-15H,5-6,8H2,1H3;1H. The molecule has 1 aromatic rings. The average Bonchev–Trinajstić information content (AvgIpc) is 2.17. The second-order valence-electron chi connectivity index (χ2n) is 4.40. The van der Waals surface area contributed by atoms with Crippen LogP contribution < -0.4 is 5.32 Å². The Morgan fingerprint density at radius 3 is 2.88 bits per heavy atom. The van der Waals surface area contributed by atoms with Gasteiger partial charge in [-0.1, -0.05) is 12.1 Å². The Hall–Kier alpha value is -0.800. The summed E-state index contributed by atoms with van der Waals surface area (Å²) in [6.07, 6.45) is 0.295. The molecule has 0 saturated carbocycles. The number of hydrogen-bond acceptors (Lipinski definition) is 2. The van der Waals surface area contributed by atoms with Crippen LogP contribution in [0.15, 0.2) is 24.3 Å². The van der Waals surface area contributed by atoms with Crippen molar-refractivity contribution in [2.75, 3.05) is 6.54 Å². The van der Waals surface area contributed by atoms with E-state index in [4.69, 9.17) is 0 Å². The predicted molar refractivity (Wildman–Crippen MR) is 64.8 cm³/mol. The zero-order chi connectivity index (χ0) is 10.9. The van der Waals surface area contributed by atoms with E-state index in [0.29, 0.717) is 19.4 Å². The third-order valence-corrected chi connectivity index (χ3v) is 3.09. The van der Waals surface area contributed by atoms with E-state index in [0.717, 1.165) is 5.56 Å². The molecule has 2 N–H and O–H groups in total. The fourth-order valence-electron chi connectivity index (χ4n) is 2.19. The lowest BCUT2D eigenvalue weighted by molar-refractivity contribution is 0.165. The van der Waals surface area contributed by atoms with E-state index in [1.807, 2.05) is 13.0 Å². The van der Waals surface area contributed by atoms with Crippen molar-refractivity contribution in [1.82, 2.24) is 5.32 Å². The zero-order valence-corrected chi connectivity index (χ0v) is 10.1. The van der Waals surface area contributed by atoms with E-state index in [1.54, 1.807) is 18.2 Å². The zero-order valence-electron chi connectivity index (χ0n) is 9.24. The van der Waals surface area contributed by atoms with E-state index in [9.17, 15) is 9.50 Å². The number of aromatic hydroxyl groups is 1. The van der Waals surface area contributed by atoms with E-state index in [1.165, 1.54) is 0 Å². The first-order valence-electron chi connectivity index (χ1n) is 5.29. The van der Waals surface area contributed by atoms with Crippen LogP contribution in [0.3, 0.4) is 0 Å². The molecule has 90 valence electrons. The highest BCUT2D eigenvalue weighted by Gasteiger charge is 2.33. The van der Waals surface area contributed by atoms with Crippen molar-refractivity contribution in [1.29, 1.82) is 0 Å². The fraction of sp³-hybridized carbons (Fsp3) is 0.500. The summed E-state index contributed by atoms with van der Waals surface area (Å²) in [6.45, 7) is 2.67. The number of phenolic OH excluding ortho intramolecular Hbond substituents is 1. The van der Waals surface area contributed by atoms with Crippen molar-refractivity contribution in [2.24, 2.45) is 0 Å². The molecule has 2 rings (SSSR count). The molecule has 1 saturated heterocycles. The molecule has 1 aliphatic rings. The van der Waals surface area contributed by atoms with Crippen molar-refractivity contribution in [2.45, 2.75) is 31.5 Å². The van der Waals surface area contributed by atoms with Gasteiger partial charge in [0.1, 0.15) is 11.9 Å². The Balaban J connectivity index is 0.00000128. The van der Waals surface area contributed by atoms with E-state index in [2.05, 4.69) is 5.32 Å². The van der Waals surface area contributed by atoms with Gasteiger partial charge < -0.3 is 10.4 Å². The van der Waals surface area contributed by atoms with Crippen LogP contribution in [-0.2, 0) is 5.54 Å². The van der Waals surface area contributed by atoms with Gasteiger partial charge in [0.05, 0.1) is 0 Å². The number of phenols is 1. The molecule has 2 unspecified atom stereocenters. The van der Waals surface area contributed by atoms with Gasteiger partial charge in [0.15, 0.2) is 0 Å². The van der Waals surface area contributed by atoms with E-state index in [-0.39, 0.29) is 23.7 Å².